The molecule has 0 aliphatic carbocycles. The highest BCUT2D eigenvalue weighted by Gasteiger charge is 2.15. The van der Waals surface area contributed by atoms with Crippen molar-refractivity contribution >= 4 is 32.6 Å². The molecule has 0 aliphatic heterocycles. The Labute approximate surface area is 264 Å². The van der Waals surface area contributed by atoms with Crippen LogP contribution < -0.4 is 0 Å². The van der Waals surface area contributed by atoms with Gasteiger partial charge in [0, 0.05) is 39.7 Å². The van der Waals surface area contributed by atoms with Crippen molar-refractivity contribution in [3.05, 3.63) is 145 Å². The lowest BCUT2D eigenvalue weighted by Crippen LogP contribution is -1.96. The molecule has 0 saturated carbocycles. The van der Waals surface area contributed by atoms with Crippen LogP contribution in [0, 0.1) is 22.7 Å². The molecule has 4 aromatic heterocycles. The third-order valence-electron chi connectivity index (χ3n) is 8.28. The van der Waals surface area contributed by atoms with Crippen molar-refractivity contribution in [2.24, 2.45) is 0 Å². The van der Waals surface area contributed by atoms with Crippen LogP contribution >= 0.6 is 0 Å². The van der Waals surface area contributed by atoms with Crippen LogP contribution in [0.5, 0.6) is 0 Å². The van der Waals surface area contributed by atoms with Crippen LogP contribution in [-0.4, -0.2) is 19.9 Å². The summed E-state index contributed by atoms with van der Waals surface area (Å²) < 4.78 is 0. The molecular formula is C40H22N6. The molecule has 0 unspecified atom stereocenters. The molecule has 6 nitrogen and oxygen atoms in total. The molecule has 0 radical (unpaired) electrons. The lowest BCUT2D eigenvalue weighted by atomic mass is 9.97. The maximum atomic E-state index is 9.22. The minimum atomic E-state index is 0.610. The van der Waals surface area contributed by atoms with Crippen LogP contribution in [-0.2, 0) is 0 Å². The van der Waals surface area contributed by atoms with Crippen molar-refractivity contribution in [2.45, 2.75) is 0 Å². The molecule has 0 spiro atoms. The fourth-order valence-electron chi connectivity index (χ4n) is 5.96. The average molecular weight is 587 g/mol. The number of rotatable bonds is 4. The topological polar surface area (TPSA) is 99.1 Å². The maximum absolute atomic E-state index is 9.22. The minimum Gasteiger partial charge on any atom is -0.253 e. The molecule has 6 heteroatoms. The molecule has 8 rings (SSSR count). The molecule has 0 amide bonds. The van der Waals surface area contributed by atoms with Crippen molar-refractivity contribution in [2.75, 3.05) is 0 Å². The van der Waals surface area contributed by atoms with Gasteiger partial charge in [-0.15, -0.1) is 0 Å². The number of nitrogens with zero attached hydrogens (tertiary/aromatic N) is 6. The van der Waals surface area contributed by atoms with E-state index >= 15 is 0 Å². The lowest BCUT2D eigenvalue weighted by Gasteiger charge is -2.12. The van der Waals surface area contributed by atoms with Gasteiger partial charge in [0.05, 0.1) is 46.0 Å². The van der Waals surface area contributed by atoms with Gasteiger partial charge in [-0.1, -0.05) is 72.8 Å². The van der Waals surface area contributed by atoms with E-state index in [1.165, 1.54) is 0 Å². The summed E-state index contributed by atoms with van der Waals surface area (Å²) in [5, 5.41) is 23.4. The molecule has 0 N–H and O–H groups in total. The van der Waals surface area contributed by atoms with E-state index in [0.29, 0.717) is 16.8 Å². The highest BCUT2D eigenvalue weighted by Crippen LogP contribution is 2.36. The average Bonchev–Trinajstić information content (AvgIpc) is 3.13. The van der Waals surface area contributed by atoms with E-state index in [2.05, 4.69) is 36.4 Å². The van der Waals surface area contributed by atoms with Crippen molar-refractivity contribution in [1.82, 2.24) is 19.9 Å². The van der Waals surface area contributed by atoms with Crippen molar-refractivity contribution < 1.29 is 0 Å². The van der Waals surface area contributed by atoms with Gasteiger partial charge in [0.2, 0.25) is 0 Å². The van der Waals surface area contributed by atoms with Gasteiger partial charge in [0.15, 0.2) is 5.65 Å². The standard InChI is InChI=1S/C40H22N6/c41-21-25-9-13-27(14-10-25)34-23-43-38(32-7-3-1-5-30(32)34)36-19-17-29-18-20-37(46-40(29)45-36)39-33-8-4-2-6-31(33)35(24-44-39)28-15-11-26(22-42)12-16-28/h1-20,23-24H. The number of benzene rings is 4. The quantitative estimate of drug-likeness (QED) is 0.204. The van der Waals surface area contributed by atoms with E-state index in [1.807, 2.05) is 109 Å². The van der Waals surface area contributed by atoms with Gasteiger partial charge in [-0.25, -0.2) is 9.97 Å². The van der Waals surface area contributed by atoms with Crippen LogP contribution in [0.15, 0.2) is 134 Å². The number of hydrogen-bond acceptors (Lipinski definition) is 6. The summed E-state index contributed by atoms with van der Waals surface area (Å²) >= 11 is 0. The Kier molecular flexibility index (Phi) is 6.45. The van der Waals surface area contributed by atoms with E-state index < -0.39 is 0 Å². The second kappa shape index (κ2) is 11.1. The van der Waals surface area contributed by atoms with Gasteiger partial charge in [-0.3, -0.25) is 9.97 Å². The predicted octanol–water partition coefficient (Wildman–Crippen LogP) is 9.14. The van der Waals surface area contributed by atoms with Crippen LogP contribution in [0.2, 0.25) is 0 Å². The Morgan fingerprint density at radius 3 is 1.26 bits per heavy atom. The van der Waals surface area contributed by atoms with E-state index in [1.54, 1.807) is 0 Å². The van der Waals surface area contributed by atoms with Gasteiger partial charge in [-0.2, -0.15) is 10.5 Å². The van der Waals surface area contributed by atoms with Crippen molar-refractivity contribution in [3.63, 3.8) is 0 Å². The first kappa shape index (κ1) is 26.8. The van der Waals surface area contributed by atoms with Crippen molar-refractivity contribution in [3.8, 4) is 57.2 Å². The van der Waals surface area contributed by atoms with Crippen LogP contribution in [0.1, 0.15) is 11.1 Å². The van der Waals surface area contributed by atoms with E-state index in [4.69, 9.17) is 19.9 Å². The minimum absolute atomic E-state index is 0.610. The summed E-state index contributed by atoms with van der Waals surface area (Å²) in [7, 11) is 0. The number of hydrogen-bond donors (Lipinski definition) is 0. The van der Waals surface area contributed by atoms with Gasteiger partial charge in [-0.05, 0) is 70.4 Å². The molecule has 212 valence electrons. The largest absolute Gasteiger partial charge is 0.253 e. The SMILES string of the molecule is N#Cc1ccc(-c2cnc(-c3ccc4ccc(-c5ncc(-c6ccc(C#N)cc6)c6ccccc56)nc4n3)c3ccccc23)cc1. The third kappa shape index (κ3) is 4.59. The molecule has 4 heterocycles. The summed E-state index contributed by atoms with van der Waals surface area (Å²) in [4.78, 5) is 19.8. The van der Waals surface area contributed by atoms with Gasteiger partial charge in [0.1, 0.15) is 0 Å². The van der Waals surface area contributed by atoms with Crippen LogP contribution in [0.4, 0.5) is 0 Å². The highest BCUT2D eigenvalue weighted by atomic mass is 14.9. The molecule has 4 aromatic carbocycles. The third-order valence-corrected chi connectivity index (χ3v) is 8.28. The summed E-state index contributed by atoms with van der Waals surface area (Å²) in [5.74, 6) is 0. The molecular weight excluding hydrogens is 564 g/mol. The Morgan fingerprint density at radius 2 is 0.848 bits per heavy atom. The second-order valence-corrected chi connectivity index (χ2v) is 11.0. The Bertz CT molecular complexity index is 2360. The zero-order valence-corrected chi connectivity index (χ0v) is 24.4. The summed E-state index contributed by atoms with van der Waals surface area (Å²) in [6.45, 7) is 0. The number of pyridine rings is 4. The van der Waals surface area contributed by atoms with E-state index in [0.717, 1.165) is 72.0 Å². The number of fused-ring (bicyclic) bond motifs is 3. The Hall–Kier alpha value is -6.76. The highest BCUT2D eigenvalue weighted by molar-refractivity contribution is 6.04. The predicted molar refractivity (Wildman–Crippen MR) is 181 cm³/mol. The molecule has 0 aliphatic rings. The number of nitriles is 2. The van der Waals surface area contributed by atoms with Crippen LogP contribution in [0.3, 0.4) is 0 Å². The smallest absolute Gasteiger partial charge is 0.160 e. The van der Waals surface area contributed by atoms with Gasteiger partial charge >= 0.3 is 0 Å². The first-order valence-corrected chi connectivity index (χ1v) is 14.8. The Morgan fingerprint density at radius 1 is 0.435 bits per heavy atom. The van der Waals surface area contributed by atoms with Gasteiger partial charge < -0.3 is 0 Å². The zero-order valence-electron chi connectivity index (χ0n) is 24.4. The summed E-state index contributed by atoms with van der Waals surface area (Å²) in [6.07, 6.45) is 3.75. The monoisotopic (exact) mass is 586 g/mol. The van der Waals surface area contributed by atoms with Crippen molar-refractivity contribution in [1.29, 1.82) is 10.5 Å². The number of aromatic nitrogens is 4. The first-order valence-electron chi connectivity index (χ1n) is 14.8. The zero-order chi connectivity index (χ0) is 31.0. The fraction of sp³-hybridized carbons (Fsp3) is 0. The fourth-order valence-corrected chi connectivity index (χ4v) is 5.96. The molecule has 0 bridgehead atoms. The maximum Gasteiger partial charge on any atom is 0.160 e. The van der Waals surface area contributed by atoms with E-state index in [9.17, 15) is 10.5 Å². The molecule has 0 saturated heterocycles. The summed E-state index contributed by atoms with van der Waals surface area (Å²) in [5.41, 5.74) is 8.84. The lowest BCUT2D eigenvalue weighted by molar-refractivity contribution is 1.24. The first-order chi connectivity index (χ1) is 22.7. The molecule has 0 atom stereocenters. The summed E-state index contributed by atoms with van der Waals surface area (Å²) in [6, 6.07) is 43.8. The van der Waals surface area contributed by atoms with E-state index in [-0.39, 0.29) is 0 Å². The molecule has 46 heavy (non-hydrogen) atoms. The van der Waals surface area contributed by atoms with Crippen LogP contribution in [0.25, 0.3) is 77.6 Å². The van der Waals surface area contributed by atoms with Gasteiger partial charge in [0.25, 0.3) is 0 Å². The normalized spacial score (nSPS) is 11.0. The second-order valence-electron chi connectivity index (χ2n) is 11.0. The Balaban J connectivity index is 1.23. The molecule has 8 aromatic rings. The molecule has 0 fully saturated rings.